The highest BCUT2D eigenvalue weighted by atomic mass is 31.0. The number of hydrogen-bond donors (Lipinski definition) is 0. The van der Waals surface area contributed by atoms with Crippen LogP contribution in [0.1, 0.15) is 27.7 Å². The fraction of sp³-hybridized carbons (Fsp3) is 0.462. The first-order valence-corrected chi connectivity index (χ1v) is 6.30. The van der Waals surface area contributed by atoms with Gasteiger partial charge >= 0.3 is 7.48 Å². The Balaban J connectivity index is 2.62. The van der Waals surface area contributed by atoms with Crippen molar-refractivity contribution in [2.75, 3.05) is 0 Å². The molecule has 1 radical (unpaired) electrons. The van der Waals surface area contributed by atoms with E-state index in [-0.39, 0.29) is 10.8 Å². The maximum atomic E-state index is 8.38. The summed E-state index contributed by atoms with van der Waals surface area (Å²) in [6.07, 6.45) is 1.64. The highest BCUT2D eigenvalue weighted by molar-refractivity contribution is 7.19. The molecule has 1 unspecified atom stereocenters. The van der Waals surface area contributed by atoms with E-state index in [1.165, 1.54) is 0 Å². The average molecular weight is 262 g/mol. The van der Waals surface area contributed by atoms with Gasteiger partial charge in [-0.3, -0.25) is 0 Å². The van der Waals surface area contributed by atoms with Gasteiger partial charge in [0.1, 0.15) is 5.75 Å². The summed E-state index contributed by atoms with van der Waals surface area (Å²) in [5.74, 6) is 0.528. The van der Waals surface area contributed by atoms with Crippen molar-refractivity contribution in [2.24, 2.45) is 0 Å². The molecule has 0 amide bonds. The summed E-state index contributed by atoms with van der Waals surface area (Å²) in [6.45, 7) is 8.30. The zero-order valence-electron chi connectivity index (χ0n) is 11.2. The summed E-state index contributed by atoms with van der Waals surface area (Å²) in [7, 11) is 4.52. The van der Waals surface area contributed by atoms with E-state index in [2.05, 4.69) is 23.1 Å². The standard InChI is InChI=1S/C13H18BNO2P/c1-12(2,13(3,4)18)17-14-10-5-7-11(8-6-10)16-9-15/h5-8H,18H2,1-4H3. The normalized spacial score (nSPS) is 11.8. The lowest BCUT2D eigenvalue weighted by Crippen LogP contribution is -2.45. The van der Waals surface area contributed by atoms with Crippen molar-refractivity contribution in [3.8, 4) is 12.0 Å². The molecular weight excluding hydrogens is 244 g/mol. The predicted octanol–water partition coefficient (Wildman–Crippen LogP) is 2.24. The minimum absolute atomic E-state index is 0.0344. The van der Waals surface area contributed by atoms with Crippen LogP contribution in [0.25, 0.3) is 0 Å². The molecule has 5 heteroatoms. The molecule has 1 rings (SSSR count). The van der Waals surface area contributed by atoms with E-state index in [4.69, 9.17) is 14.7 Å². The number of nitrogens with zero attached hydrogens (tertiary/aromatic N) is 1. The van der Waals surface area contributed by atoms with Crippen molar-refractivity contribution in [3.05, 3.63) is 24.3 Å². The van der Waals surface area contributed by atoms with E-state index in [0.29, 0.717) is 5.75 Å². The molecule has 18 heavy (non-hydrogen) atoms. The highest BCUT2D eigenvalue weighted by Gasteiger charge is 2.33. The van der Waals surface area contributed by atoms with Gasteiger partial charge in [0.05, 0.1) is 5.60 Å². The van der Waals surface area contributed by atoms with E-state index < -0.39 is 0 Å². The molecule has 0 bridgehead atoms. The van der Waals surface area contributed by atoms with Crippen LogP contribution in [-0.4, -0.2) is 18.2 Å². The summed E-state index contributed by atoms with van der Waals surface area (Å²) in [6, 6.07) is 7.16. The molecular formula is C13H18BNO2P. The molecule has 0 aliphatic carbocycles. The van der Waals surface area contributed by atoms with E-state index in [0.717, 1.165) is 5.46 Å². The first-order valence-electron chi connectivity index (χ1n) is 5.72. The first-order chi connectivity index (χ1) is 8.26. The van der Waals surface area contributed by atoms with Crippen molar-refractivity contribution >= 4 is 22.2 Å². The smallest absolute Gasteiger partial charge is 0.330 e. The van der Waals surface area contributed by atoms with E-state index in [1.807, 2.05) is 26.0 Å². The van der Waals surface area contributed by atoms with Crippen molar-refractivity contribution in [3.63, 3.8) is 0 Å². The molecule has 0 heterocycles. The van der Waals surface area contributed by atoms with Crippen LogP contribution in [-0.2, 0) is 4.65 Å². The van der Waals surface area contributed by atoms with Crippen LogP contribution in [0.5, 0.6) is 5.75 Å². The first kappa shape index (κ1) is 15.0. The van der Waals surface area contributed by atoms with Crippen molar-refractivity contribution in [1.82, 2.24) is 0 Å². The van der Waals surface area contributed by atoms with Crippen LogP contribution in [0, 0.1) is 11.5 Å². The SMILES string of the molecule is CC(C)(P)C(C)(C)O[B]c1ccc(OC#N)cc1. The minimum atomic E-state index is -0.292. The van der Waals surface area contributed by atoms with Crippen LogP contribution in [0.4, 0.5) is 0 Å². The molecule has 0 aliphatic heterocycles. The van der Waals surface area contributed by atoms with Crippen LogP contribution in [0.15, 0.2) is 24.3 Å². The lowest BCUT2D eigenvalue weighted by atomic mass is 9.84. The maximum absolute atomic E-state index is 8.38. The van der Waals surface area contributed by atoms with Gasteiger partial charge in [0, 0.05) is 5.16 Å². The van der Waals surface area contributed by atoms with Gasteiger partial charge in [0.15, 0.2) is 0 Å². The third-order valence-electron chi connectivity index (χ3n) is 3.08. The Morgan fingerprint density at radius 2 is 1.72 bits per heavy atom. The predicted molar refractivity (Wildman–Crippen MR) is 77.0 cm³/mol. The Kier molecular flexibility index (Phi) is 4.79. The van der Waals surface area contributed by atoms with Gasteiger partial charge in [0.25, 0.3) is 6.26 Å². The lowest BCUT2D eigenvalue weighted by Gasteiger charge is -2.39. The molecule has 0 aromatic heterocycles. The molecule has 0 N–H and O–H groups in total. The number of benzene rings is 1. The van der Waals surface area contributed by atoms with Gasteiger partial charge in [-0.05, 0) is 26.0 Å². The molecule has 0 saturated carbocycles. The van der Waals surface area contributed by atoms with E-state index >= 15 is 0 Å². The molecule has 95 valence electrons. The van der Waals surface area contributed by atoms with Gasteiger partial charge in [-0.25, -0.2) is 0 Å². The van der Waals surface area contributed by atoms with Crippen LogP contribution >= 0.6 is 9.24 Å². The van der Waals surface area contributed by atoms with Crippen molar-refractivity contribution < 1.29 is 9.39 Å². The monoisotopic (exact) mass is 262 g/mol. The van der Waals surface area contributed by atoms with Crippen LogP contribution < -0.4 is 10.2 Å². The molecule has 3 nitrogen and oxygen atoms in total. The number of hydrogen-bond acceptors (Lipinski definition) is 3. The van der Waals surface area contributed by atoms with E-state index in [1.54, 1.807) is 25.9 Å². The Labute approximate surface area is 112 Å². The summed E-state index contributed by atoms with van der Waals surface area (Å²) in [5.41, 5.74) is 0.641. The number of rotatable bonds is 5. The van der Waals surface area contributed by atoms with Gasteiger partial charge in [-0.1, -0.05) is 31.4 Å². The van der Waals surface area contributed by atoms with Gasteiger partial charge in [0.2, 0.25) is 0 Å². The second kappa shape index (κ2) is 5.74. The zero-order valence-corrected chi connectivity index (χ0v) is 12.4. The topological polar surface area (TPSA) is 42.2 Å². The van der Waals surface area contributed by atoms with Crippen LogP contribution in [0.2, 0.25) is 0 Å². The molecule has 1 aromatic rings. The molecule has 0 aliphatic rings. The highest BCUT2D eigenvalue weighted by Crippen LogP contribution is 2.32. The Hall–Kier alpha value is -1.04. The second-order valence-corrected chi connectivity index (χ2v) is 6.67. The Morgan fingerprint density at radius 1 is 1.17 bits per heavy atom. The fourth-order valence-corrected chi connectivity index (χ4v) is 1.10. The van der Waals surface area contributed by atoms with Crippen molar-refractivity contribution in [1.29, 1.82) is 5.26 Å². The summed E-state index contributed by atoms with van der Waals surface area (Å²) in [5, 5.41) is 8.35. The van der Waals surface area contributed by atoms with Gasteiger partial charge in [-0.2, -0.15) is 0 Å². The third-order valence-corrected chi connectivity index (χ3v) is 3.78. The fourth-order valence-electron chi connectivity index (χ4n) is 1.03. The quantitative estimate of drug-likeness (QED) is 0.464. The lowest BCUT2D eigenvalue weighted by molar-refractivity contribution is 0.0841. The van der Waals surface area contributed by atoms with Gasteiger partial charge in [-0.15, -0.1) is 14.5 Å². The summed E-state index contributed by atoms with van der Waals surface area (Å²) >= 11 is 0. The number of nitriles is 1. The Bertz CT molecular complexity index is 432. The largest absolute Gasteiger partial charge is 0.429 e. The molecule has 0 saturated heterocycles. The summed E-state index contributed by atoms with van der Waals surface area (Å²) < 4.78 is 10.5. The molecule has 0 spiro atoms. The average Bonchev–Trinajstić information content (AvgIpc) is 2.27. The molecule has 1 atom stereocenters. The number of ether oxygens (including phenoxy) is 1. The molecule has 1 aromatic carbocycles. The molecule has 0 fully saturated rings. The maximum Gasteiger partial charge on any atom is 0.330 e. The minimum Gasteiger partial charge on any atom is -0.429 e. The van der Waals surface area contributed by atoms with Crippen LogP contribution in [0.3, 0.4) is 0 Å². The van der Waals surface area contributed by atoms with Gasteiger partial charge < -0.3 is 9.39 Å². The summed E-state index contributed by atoms with van der Waals surface area (Å²) in [4.78, 5) is 0. The zero-order chi connectivity index (χ0) is 13.8. The third kappa shape index (κ3) is 4.01. The Morgan fingerprint density at radius 3 is 2.17 bits per heavy atom. The van der Waals surface area contributed by atoms with E-state index in [9.17, 15) is 0 Å². The second-order valence-electron chi connectivity index (χ2n) is 5.23. The van der Waals surface area contributed by atoms with Crippen molar-refractivity contribution in [2.45, 2.75) is 38.5 Å².